The van der Waals surface area contributed by atoms with Gasteiger partial charge in [-0.25, -0.2) is 0 Å². The molecule has 1 aliphatic rings. The Morgan fingerprint density at radius 3 is 2.00 bits per heavy atom. The van der Waals surface area contributed by atoms with Gasteiger partial charge in [0.2, 0.25) is 0 Å². The molecule has 0 spiro atoms. The van der Waals surface area contributed by atoms with Gasteiger partial charge in [0.25, 0.3) is 0 Å². The summed E-state index contributed by atoms with van der Waals surface area (Å²) in [5.74, 6) is 0.837. The molecule has 25 heavy (non-hydrogen) atoms. The maximum absolute atomic E-state index is 4.30. The second kappa shape index (κ2) is 7.56. The fourth-order valence-electron chi connectivity index (χ4n) is 4.26. The van der Waals surface area contributed by atoms with E-state index in [-0.39, 0.29) is 5.41 Å². The van der Waals surface area contributed by atoms with Crippen LogP contribution < -0.4 is 0 Å². The van der Waals surface area contributed by atoms with E-state index in [0.717, 1.165) is 13.1 Å². The summed E-state index contributed by atoms with van der Waals surface area (Å²) in [6, 6.07) is 21.5. The van der Waals surface area contributed by atoms with Crippen molar-refractivity contribution in [3.8, 4) is 0 Å². The number of hydrogen-bond donors (Lipinski definition) is 0. The van der Waals surface area contributed by atoms with E-state index in [0.29, 0.717) is 11.8 Å². The van der Waals surface area contributed by atoms with Gasteiger partial charge in [-0.05, 0) is 0 Å². The number of allylic oxidation sites excluding steroid dienone is 1. The second-order valence-electron chi connectivity index (χ2n) is 6.79. The van der Waals surface area contributed by atoms with E-state index in [9.17, 15) is 0 Å². The van der Waals surface area contributed by atoms with Crippen molar-refractivity contribution in [3.05, 3.63) is 97.1 Å². The van der Waals surface area contributed by atoms with Crippen LogP contribution >= 0.6 is 0 Å². The fraction of sp³-hybridized carbons (Fsp3) is 0.261. The van der Waals surface area contributed by atoms with E-state index in [1.165, 1.54) is 15.7 Å². The zero-order valence-corrected chi connectivity index (χ0v) is 16.5. The third kappa shape index (κ3) is 3.05. The molecule has 0 unspecified atom stereocenters. The maximum atomic E-state index is 4.30. The average Bonchev–Trinajstić information content (AvgIpc) is 2.93. The third-order valence-electron chi connectivity index (χ3n) is 5.32. The number of rotatable bonds is 6. The first-order valence-electron chi connectivity index (χ1n) is 8.79. The van der Waals surface area contributed by atoms with Crippen molar-refractivity contribution in [1.82, 2.24) is 4.90 Å². The fourth-order valence-corrected chi connectivity index (χ4v) is 5.45. The van der Waals surface area contributed by atoms with Crippen LogP contribution in [0.4, 0.5) is 0 Å². The summed E-state index contributed by atoms with van der Waals surface area (Å²) < 4.78 is 1.31. The van der Waals surface area contributed by atoms with E-state index >= 15 is 0 Å². The quantitative estimate of drug-likeness (QED) is 0.524. The molecule has 2 aromatic carbocycles. The number of hydrogen-bond acceptors (Lipinski definition) is 1. The monoisotopic (exact) mass is 395 g/mol. The molecule has 1 fully saturated rings. The standard InChI is InChI=1S/C23H25NSe/c1-4-16-24-17-18(3)21(22(24)25)23(5-2,19-12-8-6-9-13-19)20-14-10-7-11-15-20/h4-15,18,21H,1-2,16-17H2,3H3/t18-,21+/m0/s1. The normalized spacial score (nSPS) is 20.5. The van der Waals surface area contributed by atoms with E-state index in [1.54, 1.807) is 0 Å². The third-order valence-corrected chi connectivity index (χ3v) is 6.39. The first kappa shape index (κ1) is 17.9. The van der Waals surface area contributed by atoms with Crippen LogP contribution in [0.25, 0.3) is 0 Å². The molecule has 0 aliphatic carbocycles. The van der Waals surface area contributed by atoms with Gasteiger partial charge >= 0.3 is 159 Å². The van der Waals surface area contributed by atoms with Crippen molar-refractivity contribution in [2.75, 3.05) is 13.1 Å². The molecule has 2 aromatic rings. The molecule has 1 saturated heterocycles. The summed E-state index contributed by atoms with van der Waals surface area (Å²) in [7, 11) is 0. The van der Waals surface area contributed by atoms with Crippen molar-refractivity contribution < 1.29 is 0 Å². The average molecular weight is 394 g/mol. The van der Waals surface area contributed by atoms with Crippen LogP contribution in [0.3, 0.4) is 0 Å². The van der Waals surface area contributed by atoms with Gasteiger partial charge in [0.05, 0.1) is 0 Å². The second-order valence-corrected chi connectivity index (χ2v) is 7.67. The molecule has 0 bridgehead atoms. The van der Waals surface area contributed by atoms with E-state index in [1.807, 2.05) is 6.08 Å². The number of benzene rings is 2. The summed E-state index contributed by atoms with van der Waals surface area (Å²) in [4.78, 5) is 2.41. The molecule has 2 atom stereocenters. The van der Waals surface area contributed by atoms with E-state index in [4.69, 9.17) is 0 Å². The molecule has 0 N–H and O–H groups in total. The van der Waals surface area contributed by atoms with Crippen molar-refractivity contribution in [2.24, 2.45) is 11.8 Å². The van der Waals surface area contributed by atoms with Crippen LogP contribution in [0, 0.1) is 11.8 Å². The Kier molecular flexibility index (Phi) is 5.42. The number of nitrogens with zero attached hydrogens (tertiary/aromatic N) is 1. The van der Waals surface area contributed by atoms with Crippen LogP contribution in [0.1, 0.15) is 18.1 Å². The van der Waals surface area contributed by atoms with Gasteiger partial charge in [-0.3, -0.25) is 0 Å². The van der Waals surface area contributed by atoms with Gasteiger partial charge in [-0.2, -0.15) is 0 Å². The molecule has 3 rings (SSSR count). The SMILES string of the molecule is C=CCN1C[C@H](C)[C@@H](C(C=C)(c2ccccc2)c2ccccc2)C1=[Se]. The van der Waals surface area contributed by atoms with Crippen LogP contribution in [0.2, 0.25) is 0 Å². The number of likely N-dealkylation sites (tertiary alicyclic amines) is 1. The van der Waals surface area contributed by atoms with E-state index < -0.39 is 0 Å². The van der Waals surface area contributed by atoms with Gasteiger partial charge in [-0.1, -0.05) is 0 Å². The van der Waals surface area contributed by atoms with Gasteiger partial charge in [0.15, 0.2) is 0 Å². The molecule has 2 heteroatoms. The van der Waals surface area contributed by atoms with Crippen LogP contribution in [0.5, 0.6) is 0 Å². The summed E-state index contributed by atoms with van der Waals surface area (Å²) in [5.41, 5.74) is 2.33. The minimum atomic E-state index is -0.252. The van der Waals surface area contributed by atoms with Crippen molar-refractivity contribution in [2.45, 2.75) is 12.3 Å². The first-order valence-corrected chi connectivity index (χ1v) is 9.65. The predicted molar refractivity (Wildman–Crippen MR) is 109 cm³/mol. The zero-order valence-electron chi connectivity index (χ0n) is 14.8. The molecule has 1 aliphatic heterocycles. The molecule has 0 saturated carbocycles. The van der Waals surface area contributed by atoms with Crippen molar-refractivity contribution in [3.63, 3.8) is 0 Å². The Balaban J connectivity index is 2.20. The molecule has 1 heterocycles. The first-order chi connectivity index (χ1) is 12.1. The Hall–Kier alpha value is -1.89. The molecular weight excluding hydrogens is 369 g/mol. The summed E-state index contributed by atoms with van der Waals surface area (Å²) in [6.45, 7) is 12.5. The zero-order chi connectivity index (χ0) is 17.9. The van der Waals surface area contributed by atoms with Crippen molar-refractivity contribution >= 4 is 20.1 Å². The minimum absolute atomic E-state index is 0.252. The van der Waals surface area contributed by atoms with Crippen LogP contribution in [0.15, 0.2) is 86.0 Å². The van der Waals surface area contributed by atoms with Gasteiger partial charge in [-0.15, -0.1) is 0 Å². The molecule has 1 nitrogen and oxygen atoms in total. The van der Waals surface area contributed by atoms with Crippen LogP contribution in [-0.4, -0.2) is 38.1 Å². The Labute approximate surface area is 159 Å². The van der Waals surface area contributed by atoms with Gasteiger partial charge in [0, 0.05) is 0 Å². The molecule has 128 valence electrons. The molecule has 0 aromatic heterocycles. The summed E-state index contributed by atoms with van der Waals surface area (Å²) in [6.07, 6.45) is 4.13. The van der Waals surface area contributed by atoms with Crippen LogP contribution in [-0.2, 0) is 5.41 Å². The predicted octanol–water partition coefficient (Wildman–Crippen LogP) is 4.21. The van der Waals surface area contributed by atoms with Crippen molar-refractivity contribution in [1.29, 1.82) is 0 Å². The Bertz CT molecular complexity index is 711. The topological polar surface area (TPSA) is 3.24 Å². The summed E-state index contributed by atoms with van der Waals surface area (Å²) in [5, 5.41) is 0. The summed E-state index contributed by atoms with van der Waals surface area (Å²) >= 11 is 3.38. The van der Waals surface area contributed by atoms with E-state index in [2.05, 4.69) is 107 Å². The Morgan fingerprint density at radius 2 is 1.56 bits per heavy atom. The van der Waals surface area contributed by atoms with Gasteiger partial charge in [0.1, 0.15) is 0 Å². The Morgan fingerprint density at radius 1 is 1.04 bits per heavy atom. The van der Waals surface area contributed by atoms with Gasteiger partial charge < -0.3 is 0 Å². The molecule has 0 amide bonds. The molecular formula is C23H25NSe. The molecule has 0 radical (unpaired) electrons.